The molecule has 16 heavy (non-hydrogen) atoms. The molecule has 1 saturated heterocycles. The zero-order chi connectivity index (χ0) is 11.4. The first kappa shape index (κ1) is 12.3. The fourth-order valence-electron chi connectivity index (χ4n) is 1.84. The minimum Gasteiger partial charge on any atom is -0.391 e. The smallest absolute Gasteiger partial charge is 0.185 e. The molecular weight excluding hydrogens is 290 g/mol. The average Bonchev–Trinajstić information content (AvgIpc) is 2.83. The van der Waals surface area contributed by atoms with E-state index in [1.807, 2.05) is 11.6 Å². The molecule has 2 rings (SSSR count). The summed E-state index contributed by atoms with van der Waals surface area (Å²) in [6.45, 7) is 4.77. The molecule has 1 atom stereocenters. The van der Waals surface area contributed by atoms with Crippen LogP contribution < -0.4 is 4.90 Å². The first-order chi connectivity index (χ1) is 7.79. The van der Waals surface area contributed by atoms with Crippen LogP contribution in [0.2, 0.25) is 0 Å². The molecule has 1 N–H and O–H groups in total. The Kier molecular flexibility index (Phi) is 4.57. The van der Waals surface area contributed by atoms with Crippen LogP contribution in [-0.2, 0) is 0 Å². The molecule has 1 aromatic rings. The van der Waals surface area contributed by atoms with Gasteiger partial charge in [-0.3, -0.25) is 4.90 Å². The Morgan fingerprint density at radius 3 is 2.75 bits per heavy atom. The number of β-amino-alcohol motifs (C(OH)–C–C–N with tert-alkyl or cyclic N) is 1. The molecule has 1 aliphatic heterocycles. The van der Waals surface area contributed by atoms with Gasteiger partial charge >= 0.3 is 0 Å². The van der Waals surface area contributed by atoms with Gasteiger partial charge in [0.25, 0.3) is 0 Å². The molecule has 1 aliphatic rings. The van der Waals surface area contributed by atoms with E-state index in [1.54, 1.807) is 11.3 Å². The van der Waals surface area contributed by atoms with Gasteiger partial charge in [0, 0.05) is 49.6 Å². The lowest BCUT2D eigenvalue weighted by molar-refractivity contribution is 0.127. The molecule has 1 fully saturated rings. The lowest BCUT2D eigenvalue weighted by Gasteiger charge is -2.35. The molecule has 0 amide bonds. The largest absolute Gasteiger partial charge is 0.391 e. The van der Waals surface area contributed by atoms with Gasteiger partial charge in [0.05, 0.1) is 6.10 Å². The van der Waals surface area contributed by atoms with Crippen molar-refractivity contribution in [1.29, 1.82) is 0 Å². The van der Waals surface area contributed by atoms with Crippen LogP contribution in [0.5, 0.6) is 0 Å². The van der Waals surface area contributed by atoms with E-state index in [0.29, 0.717) is 5.33 Å². The maximum absolute atomic E-state index is 9.55. The lowest BCUT2D eigenvalue weighted by atomic mass is 10.3. The summed E-state index contributed by atoms with van der Waals surface area (Å²) in [5, 5.41) is 13.3. The molecule has 4 nitrogen and oxygen atoms in total. The summed E-state index contributed by atoms with van der Waals surface area (Å²) in [4.78, 5) is 8.92. The maximum atomic E-state index is 9.55. The van der Waals surface area contributed by atoms with Crippen molar-refractivity contribution in [3.8, 4) is 0 Å². The third-order valence-corrected chi connectivity index (χ3v) is 4.29. The van der Waals surface area contributed by atoms with Gasteiger partial charge in [0.2, 0.25) is 0 Å². The standard InChI is InChI=1S/C10H16BrN3OS/c11-7-9(15)8-13-2-4-14(5-3-13)10-12-1-6-16-10/h1,6,9,15H,2-5,7-8H2. The third kappa shape index (κ3) is 3.16. The van der Waals surface area contributed by atoms with Gasteiger partial charge in [-0.25, -0.2) is 4.98 Å². The Balaban J connectivity index is 1.78. The molecule has 6 heteroatoms. The number of thiazole rings is 1. The minimum atomic E-state index is -0.258. The van der Waals surface area contributed by atoms with E-state index in [-0.39, 0.29) is 6.10 Å². The summed E-state index contributed by atoms with van der Waals surface area (Å²) >= 11 is 4.98. The molecule has 90 valence electrons. The van der Waals surface area contributed by atoms with Crippen LogP contribution in [0, 0.1) is 0 Å². The molecule has 0 aromatic carbocycles. The van der Waals surface area contributed by atoms with Gasteiger partial charge in [-0.15, -0.1) is 11.3 Å². The van der Waals surface area contributed by atoms with Gasteiger partial charge in [-0.2, -0.15) is 0 Å². The highest BCUT2D eigenvalue weighted by Crippen LogP contribution is 2.18. The lowest BCUT2D eigenvalue weighted by Crippen LogP contribution is -2.48. The zero-order valence-corrected chi connectivity index (χ0v) is 11.5. The predicted molar refractivity (Wildman–Crippen MR) is 70.6 cm³/mol. The van der Waals surface area contributed by atoms with Crippen molar-refractivity contribution >= 4 is 32.4 Å². The Morgan fingerprint density at radius 1 is 1.44 bits per heavy atom. The summed E-state index contributed by atoms with van der Waals surface area (Å²) in [6, 6.07) is 0. The number of anilines is 1. The van der Waals surface area contributed by atoms with Gasteiger partial charge in [-0.05, 0) is 0 Å². The van der Waals surface area contributed by atoms with E-state index in [4.69, 9.17) is 0 Å². The van der Waals surface area contributed by atoms with E-state index in [1.165, 1.54) is 0 Å². The molecule has 0 bridgehead atoms. The van der Waals surface area contributed by atoms with Crippen molar-refractivity contribution in [1.82, 2.24) is 9.88 Å². The number of hydrogen-bond acceptors (Lipinski definition) is 5. The number of aliphatic hydroxyl groups excluding tert-OH is 1. The van der Waals surface area contributed by atoms with Crippen LogP contribution >= 0.6 is 27.3 Å². The zero-order valence-electron chi connectivity index (χ0n) is 9.05. The fraction of sp³-hybridized carbons (Fsp3) is 0.700. The number of nitrogens with zero attached hydrogens (tertiary/aromatic N) is 3. The van der Waals surface area contributed by atoms with Crippen molar-refractivity contribution in [2.24, 2.45) is 0 Å². The monoisotopic (exact) mass is 305 g/mol. The molecule has 0 aliphatic carbocycles. The summed E-state index contributed by atoms with van der Waals surface area (Å²) in [7, 11) is 0. The number of aromatic nitrogens is 1. The maximum Gasteiger partial charge on any atom is 0.185 e. The summed E-state index contributed by atoms with van der Waals surface area (Å²) in [5.74, 6) is 0. The number of aliphatic hydroxyl groups is 1. The molecule has 1 aromatic heterocycles. The quantitative estimate of drug-likeness (QED) is 0.843. The number of rotatable bonds is 4. The topological polar surface area (TPSA) is 39.6 Å². The second-order valence-electron chi connectivity index (χ2n) is 3.91. The Bertz CT molecular complexity index is 301. The molecule has 0 radical (unpaired) electrons. The second kappa shape index (κ2) is 5.95. The molecule has 0 saturated carbocycles. The van der Waals surface area contributed by atoms with Crippen LogP contribution in [0.3, 0.4) is 0 Å². The van der Waals surface area contributed by atoms with Crippen LogP contribution in [0.25, 0.3) is 0 Å². The van der Waals surface area contributed by atoms with Gasteiger partial charge in [0.15, 0.2) is 5.13 Å². The van der Waals surface area contributed by atoms with Crippen molar-refractivity contribution in [2.45, 2.75) is 6.10 Å². The Hall–Kier alpha value is -0.170. The van der Waals surface area contributed by atoms with E-state index in [0.717, 1.165) is 37.9 Å². The highest BCUT2D eigenvalue weighted by atomic mass is 79.9. The second-order valence-corrected chi connectivity index (χ2v) is 5.43. The molecular formula is C10H16BrN3OS. The Labute approximate surface area is 108 Å². The summed E-state index contributed by atoms with van der Waals surface area (Å²) in [6.07, 6.45) is 1.59. The molecule has 1 unspecified atom stereocenters. The number of halogens is 1. The normalized spacial score (nSPS) is 20.0. The Morgan fingerprint density at radius 2 is 2.19 bits per heavy atom. The summed E-state index contributed by atoms with van der Waals surface area (Å²) < 4.78 is 0. The van der Waals surface area contributed by atoms with Crippen molar-refractivity contribution in [3.05, 3.63) is 11.6 Å². The SMILES string of the molecule is OC(CBr)CN1CCN(c2nccs2)CC1. The first-order valence-electron chi connectivity index (χ1n) is 5.40. The van der Waals surface area contributed by atoms with Gasteiger partial charge < -0.3 is 10.0 Å². The number of alkyl halides is 1. The predicted octanol–water partition coefficient (Wildman–Crippen LogP) is 1.02. The van der Waals surface area contributed by atoms with Crippen molar-refractivity contribution < 1.29 is 5.11 Å². The van der Waals surface area contributed by atoms with Crippen LogP contribution in [0.1, 0.15) is 0 Å². The van der Waals surface area contributed by atoms with Gasteiger partial charge in [-0.1, -0.05) is 15.9 Å². The number of piperazine rings is 1. The fourth-order valence-corrected chi connectivity index (χ4v) is 2.74. The highest BCUT2D eigenvalue weighted by Gasteiger charge is 2.19. The average molecular weight is 306 g/mol. The van der Waals surface area contributed by atoms with Crippen molar-refractivity contribution in [2.75, 3.05) is 43.0 Å². The first-order valence-corrected chi connectivity index (χ1v) is 7.40. The van der Waals surface area contributed by atoms with E-state index in [2.05, 4.69) is 30.7 Å². The third-order valence-electron chi connectivity index (χ3n) is 2.71. The summed E-state index contributed by atoms with van der Waals surface area (Å²) in [5.41, 5.74) is 0. The minimum absolute atomic E-state index is 0.258. The van der Waals surface area contributed by atoms with Gasteiger partial charge in [0.1, 0.15) is 0 Å². The highest BCUT2D eigenvalue weighted by molar-refractivity contribution is 9.09. The van der Waals surface area contributed by atoms with Crippen molar-refractivity contribution in [3.63, 3.8) is 0 Å². The van der Waals surface area contributed by atoms with E-state index in [9.17, 15) is 5.11 Å². The van der Waals surface area contributed by atoms with Crippen LogP contribution in [0.4, 0.5) is 5.13 Å². The number of hydrogen-bond donors (Lipinski definition) is 1. The van der Waals surface area contributed by atoms with Crippen LogP contribution in [-0.4, -0.2) is 59.1 Å². The molecule has 2 heterocycles. The van der Waals surface area contributed by atoms with E-state index < -0.39 is 0 Å². The van der Waals surface area contributed by atoms with Crippen LogP contribution in [0.15, 0.2) is 11.6 Å². The molecule has 0 spiro atoms. The van der Waals surface area contributed by atoms with E-state index >= 15 is 0 Å².